The molecule has 2 fully saturated rings. The number of phenolic OH excluding ortho intramolecular Hbond substituents is 25. The van der Waals surface area contributed by atoms with E-state index in [-0.39, 0.29) is 30.3 Å². The third-order valence-electron chi connectivity index (χ3n) is 18.4. The monoisotopic (exact) mass is 1740 g/mol. The lowest BCUT2D eigenvalue weighted by Gasteiger charge is -2.43. The minimum atomic E-state index is -3.06. The van der Waals surface area contributed by atoms with Crippen LogP contribution < -0.4 is 9.47 Å². The molecular formula is C75H56O49. The Morgan fingerprint density at radius 2 is 0.645 bits per heavy atom. The van der Waals surface area contributed by atoms with Gasteiger partial charge in [0.05, 0.1) is 45.6 Å². The number of aliphatic hydroxyl groups excluding tert-OH is 2. The number of phenols is 25. The van der Waals surface area contributed by atoms with Crippen molar-refractivity contribution in [3.05, 3.63) is 135 Å². The molecule has 0 radical (unpaired) electrons. The summed E-state index contributed by atoms with van der Waals surface area (Å²) in [5.41, 5.74) is -13.0. The van der Waals surface area contributed by atoms with Gasteiger partial charge in [-0.1, -0.05) is 0 Å². The van der Waals surface area contributed by atoms with E-state index in [1.54, 1.807) is 0 Å². The molecule has 10 atom stereocenters. The summed E-state index contributed by atoms with van der Waals surface area (Å²) < 4.78 is 67.2. The molecule has 3 aliphatic rings. The number of fused-ring (bicyclic) bond motifs is 4. The summed E-state index contributed by atoms with van der Waals surface area (Å²) in [5.74, 6) is -59.3. The quantitative estimate of drug-likeness (QED) is 0.0333. The van der Waals surface area contributed by atoms with Gasteiger partial charge in [0.15, 0.2) is 139 Å². The zero-order chi connectivity index (χ0) is 90.9. The number of carbonyl (C=O) groups excluding carboxylic acids is 8. The summed E-state index contributed by atoms with van der Waals surface area (Å²) in [7, 11) is 0. The van der Waals surface area contributed by atoms with Crippen LogP contribution in [0.25, 0.3) is 11.1 Å². The van der Waals surface area contributed by atoms with Gasteiger partial charge in [0.1, 0.15) is 36.0 Å². The summed E-state index contributed by atoms with van der Waals surface area (Å²) in [5, 5.41) is 301. The highest BCUT2D eigenvalue weighted by Gasteiger charge is 2.57. The Labute approximate surface area is 682 Å². The SMILES string of the molecule is O=C(O)c1cc(O)c(O)c(Oc2c(C(=O)O[C@H]3[C@H](OC(=O)c4cc(O)c(O)c(Oc5c(C(=O)O[C@H]6[C@H](OC(=O)c7cc(O)c(O)c(O)c7)O[C@@H]7COC(=O)c8cc(O)c(O)c(O)c8-c8c(cc(O)c(O)c8O)C(=O)O[C@H]7[C@@H]6OC(=O)c6cc(O)c(O)c(O)c6)cc(O)c(O)c5O)c4)O[C@H](CO)[C@@H](O)[C@@H]3OC(=O)c3cc(O)c(O)c(O)c3)cc(O)c(O)c2O)c1. The van der Waals surface area contributed by atoms with Gasteiger partial charge in [-0.05, 0) is 72.8 Å². The lowest BCUT2D eigenvalue weighted by Crippen LogP contribution is -2.63. The number of hydrogen-bond acceptors (Lipinski definition) is 48. The average molecular weight is 1740 g/mol. The predicted octanol–water partition coefficient (Wildman–Crippen LogP) is 2.69. The van der Waals surface area contributed by atoms with Crippen molar-refractivity contribution in [2.45, 2.75) is 61.4 Å². The number of hydrogen-bond donors (Lipinski definition) is 28. The summed E-state index contributed by atoms with van der Waals surface area (Å²) in [4.78, 5) is 129. The molecule has 0 spiro atoms. The minimum Gasteiger partial charge on any atom is -0.504 e. The Hall–Kier alpha value is -17.3. The lowest BCUT2D eigenvalue weighted by molar-refractivity contribution is -0.283. The van der Waals surface area contributed by atoms with E-state index in [1.807, 2.05) is 0 Å². The number of aliphatic hydroxyl groups is 2. The van der Waals surface area contributed by atoms with Gasteiger partial charge < -0.3 is 200 Å². The standard InChI is InChI=1S/C75H56O49/c76-15-40-53(98)61(119-66(105)18-2-26(77)44(89)27(78)3-18)63(121-72(111)24-13-36(87)51(96)56(101)58(24)114-38-9-17(65(103)104)1-32(83)47(38)92)74(116-40)124-69(108)21-8-33(84)48(93)39(10-21)115-59-25(14-37(88)52(97)57(59)102)73(112)122-64-62(120-67(106)19-4-28(79)45(90)29(80)5-19)60-41(117-75(64)123-68(107)20-6-30(81)46(91)31(82)7-20)16-113-70(109)22-11-34(85)49(94)54(99)42(22)43-23(71(110)118-60)12-35(86)50(95)55(43)100/h1-14,40-41,53,60-64,74-102H,15-16H2,(H,103,104)/t40-,41-,53-,60-,61+,62+,63-,64-,74+,75+/m1/s1. The van der Waals surface area contributed by atoms with Crippen LogP contribution in [0.5, 0.6) is 167 Å². The number of rotatable bonds is 18. The Morgan fingerprint density at radius 3 is 1.05 bits per heavy atom. The number of esters is 8. The zero-order valence-electron chi connectivity index (χ0n) is 60.9. The number of benzene rings is 9. The number of carboxylic acids is 1. The van der Waals surface area contributed by atoms with Crippen molar-refractivity contribution in [3.63, 3.8) is 0 Å². The van der Waals surface area contributed by atoms with Gasteiger partial charge in [0.2, 0.25) is 70.8 Å². The zero-order valence-corrected chi connectivity index (χ0v) is 60.9. The van der Waals surface area contributed by atoms with E-state index < -0.39 is 356 Å². The molecule has 9 aromatic rings. The van der Waals surface area contributed by atoms with E-state index in [4.69, 9.17) is 56.8 Å². The van der Waals surface area contributed by atoms with E-state index in [9.17, 15) is 177 Å². The third-order valence-corrected chi connectivity index (χ3v) is 18.4. The fourth-order valence-corrected chi connectivity index (χ4v) is 12.3. The van der Waals surface area contributed by atoms with Crippen molar-refractivity contribution >= 4 is 53.7 Å². The molecule has 12 rings (SSSR count). The van der Waals surface area contributed by atoms with Crippen LogP contribution in [0.3, 0.4) is 0 Å². The number of ether oxygens (including phenoxy) is 12. The molecule has 28 N–H and O–H groups in total. The highest BCUT2D eigenvalue weighted by molar-refractivity contribution is 6.09. The highest BCUT2D eigenvalue weighted by atomic mass is 16.8. The van der Waals surface area contributed by atoms with Gasteiger partial charge in [-0.2, -0.15) is 0 Å². The normalized spacial score (nSPS) is 19.1. The second-order valence-electron chi connectivity index (χ2n) is 26.3. The van der Waals surface area contributed by atoms with Gasteiger partial charge in [-0.25, -0.2) is 43.2 Å². The van der Waals surface area contributed by atoms with Gasteiger partial charge in [0.25, 0.3) is 0 Å². The molecule has 0 aliphatic carbocycles. The van der Waals surface area contributed by atoms with Crippen molar-refractivity contribution in [3.8, 4) is 178 Å². The van der Waals surface area contributed by atoms with Crippen molar-refractivity contribution in [2.24, 2.45) is 0 Å². The second-order valence-corrected chi connectivity index (χ2v) is 26.3. The number of carbonyl (C=O) groups is 9. The fourth-order valence-electron chi connectivity index (χ4n) is 12.3. The molecule has 124 heavy (non-hydrogen) atoms. The Bertz CT molecular complexity index is 5940. The largest absolute Gasteiger partial charge is 0.504 e. The number of aromatic carboxylic acids is 1. The van der Waals surface area contributed by atoms with Crippen molar-refractivity contribution in [1.82, 2.24) is 0 Å². The fraction of sp³-hybridized carbons (Fsp3) is 0.160. The van der Waals surface area contributed by atoms with E-state index in [0.29, 0.717) is 54.6 Å². The van der Waals surface area contributed by atoms with E-state index in [2.05, 4.69) is 0 Å². The molecule has 0 bridgehead atoms. The molecule has 49 nitrogen and oxygen atoms in total. The summed E-state index contributed by atoms with van der Waals surface area (Å²) >= 11 is 0. The smallest absolute Gasteiger partial charge is 0.342 e. The summed E-state index contributed by atoms with van der Waals surface area (Å²) in [6.45, 7) is -2.95. The first kappa shape index (κ1) is 86.0. The molecule has 0 aromatic heterocycles. The maximum Gasteiger partial charge on any atom is 0.342 e. The lowest BCUT2D eigenvalue weighted by atomic mass is 9.92. The van der Waals surface area contributed by atoms with E-state index in [1.165, 1.54) is 0 Å². The maximum atomic E-state index is 15.4. The van der Waals surface area contributed by atoms with Gasteiger partial charge in [-0.3, -0.25) is 0 Å². The molecule has 0 unspecified atom stereocenters. The maximum absolute atomic E-state index is 15.4. The second kappa shape index (κ2) is 32.9. The molecule has 650 valence electrons. The summed E-state index contributed by atoms with van der Waals surface area (Å²) in [6, 6.07) is 4.88. The molecular weight excluding hydrogens is 1680 g/mol. The highest BCUT2D eigenvalue weighted by Crippen LogP contribution is 2.56. The molecule has 49 heteroatoms. The van der Waals surface area contributed by atoms with Crippen LogP contribution in [0.15, 0.2) is 84.9 Å². The molecule has 2 saturated heterocycles. The van der Waals surface area contributed by atoms with Crippen LogP contribution in [0.4, 0.5) is 0 Å². The van der Waals surface area contributed by atoms with Crippen LogP contribution in [0.1, 0.15) is 93.2 Å². The van der Waals surface area contributed by atoms with Crippen molar-refractivity contribution in [1.29, 1.82) is 0 Å². The third kappa shape index (κ3) is 15.9. The Morgan fingerprint density at radius 1 is 0.331 bits per heavy atom. The van der Waals surface area contributed by atoms with Crippen molar-refractivity contribution < 1.29 is 243 Å². The molecule has 0 amide bonds. The number of carboxylic acid groups (broad SMARTS) is 1. The summed E-state index contributed by atoms with van der Waals surface area (Å²) in [6.07, 6.45) is -27.5. The Balaban J connectivity index is 0.956. The van der Waals surface area contributed by atoms with Gasteiger partial charge >= 0.3 is 53.7 Å². The first-order valence-corrected chi connectivity index (χ1v) is 34.1. The number of aromatic hydroxyl groups is 25. The molecule has 9 aromatic carbocycles. The average Bonchev–Trinajstić information content (AvgIpc) is 1.23. The van der Waals surface area contributed by atoms with Gasteiger partial charge in [0, 0.05) is 23.3 Å². The first-order valence-electron chi connectivity index (χ1n) is 34.1. The Kier molecular flexibility index (Phi) is 22.8. The van der Waals surface area contributed by atoms with Crippen LogP contribution in [0.2, 0.25) is 0 Å². The topological polar surface area (TPSA) is 831 Å². The minimum absolute atomic E-state index is 0.104. The van der Waals surface area contributed by atoms with Crippen LogP contribution in [-0.4, -0.2) is 271 Å². The van der Waals surface area contributed by atoms with Gasteiger partial charge in [-0.15, -0.1) is 0 Å². The van der Waals surface area contributed by atoms with Crippen molar-refractivity contribution in [2.75, 3.05) is 13.2 Å². The molecule has 0 saturated carbocycles. The molecule has 3 heterocycles. The van der Waals surface area contributed by atoms with E-state index in [0.717, 1.165) is 0 Å². The van der Waals surface area contributed by atoms with Crippen LogP contribution >= 0.6 is 0 Å². The molecule has 3 aliphatic heterocycles. The van der Waals surface area contributed by atoms with Crippen LogP contribution in [0, 0.1) is 0 Å². The van der Waals surface area contributed by atoms with E-state index >= 15 is 9.59 Å². The predicted molar refractivity (Wildman–Crippen MR) is 383 cm³/mol. The first-order chi connectivity index (χ1) is 58.3. The van der Waals surface area contributed by atoms with Crippen LogP contribution in [-0.2, 0) is 47.4 Å². The number of cyclic esters (lactones) is 1.